The number of nitrogens with two attached hydrogens (primary N) is 1. The molecule has 0 aliphatic heterocycles. The summed E-state index contributed by atoms with van der Waals surface area (Å²) in [6.45, 7) is 1.91. The number of rotatable bonds is 7. The van der Waals surface area contributed by atoms with Crippen LogP contribution in [-0.2, 0) is 10.5 Å². The van der Waals surface area contributed by atoms with Crippen LogP contribution < -0.4 is 16.4 Å². The van der Waals surface area contributed by atoms with Crippen LogP contribution in [0.5, 0.6) is 0 Å². The van der Waals surface area contributed by atoms with Crippen LogP contribution in [-0.4, -0.2) is 32.2 Å². The van der Waals surface area contributed by atoms with Crippen LogP contribution in [0.3, 0.4) is 0 Å². The van der Waals surface area contributed by atoms with Crippen molar-refractivity contribution in [3.05, 3.63) is 36.2 Å². The van der Waals surface area contributed by atoms with Gasteiger partial charge in [0.05, 0.1) is 11.0 Å². The van der Waals surface area contributed by atoms with Gasteiger partial charge in [-0.25, -0.2) is 0 Å². The van der Waals surface area contributed by atoms with Gasteiger partial charge in [0.25, 0.3) is 0 Å². The van der Waals surface area contributed by atoms with Crippen molar-refractivity contribution in [2.24, 2.45) is 0 Å². The number of thioether (sulfide) groups is 1. The van der Waals surface area contributed by atoms with Crippen molar-refractivity contribution in [3.8, 4) is 0 Å². The van der Waals surface area contributed by atoms with E-state index >= 15 is 0 Å². The van der Waals surface area contributed by atoms with Crippen molar-refractivity contribution >= 4 is 35.3 Å². The van der Waals surface area contributed by atoms with Crippen molar-refractivity contribution in [1.82, 2.24) is 20.3 Å². The standard InChI is InChI=1S/C19H26N6OS/c1-13(17(26)21-14-8-4-2-5-9-14)27-12-16-23-18(20)25-19(24-16)22-15-10-6-3-7-11-15/h3,6-7,10-11,13-14H,2,4-5,8-9,12H2,1H3,(H,21,26)(H3,20,22,23,24,25). The molecule has 0 spiro atoms. The highest BCUT2D eigenvalue weighted by atomic mass is 32.2. The van der Waals surface area contributed by atoms with Crippen molar-refractivity contribution < 1.29 is 4.79 Å². The van der Waals surface area contributed by atoms with Gasteiger partial charge in [0.2, 0.25) is 17.8 Å². The van der Waals surface area contributed by atoms with Crippen LogP contribution in [0.2, 0.25) is 0 Å². The van der Waals surface area contributed by atoms with E-state index in [9.17, 15) is 4.79 Å². The fourth-order valence-corrected chi connectivity index (χ4v) is 3.80. The average Bonchev–Trinajstić information content (AvgIpc) is 2.67. The smallest absolute Gasteiger partial charge is 0.233 e. The zero-order chi connectivity index (χ0) is 19.1. The fourth-order valence-electron chi connectivity index (χ4n) is 3.05. The molecule has 27 heavy (non-hydrogen) atoms. The lowest BCUT2D eigenvalue weighted by Crippen LogP contribution is -2.40. The zero-order valence-electron chi connectivity index (χ0n) is 15.5. The van der Waals surface area contributed by atoms with E-state index in [1.165, 1.54) is 31.0 Å². The molecule has 0 radical (unpaired) electrons. The van der Waals surface area contributed by atoms with Crippen LogP contribution >= 0.6 is 11.8 Å². The predicted molar refractivity (Wildman–Crippen MR) is 110 cm³/mol. The Labute approximate surface area is 164 Å². The number of hydrogen-bond acceptors (Lipinski definition) is 7. The van der Waals surface area contributed by atoms with Crippen LogP contribution in [0, 0.1) is 0 Å². The van der Waals surface area contributed by atoms with Crippen LogP contribution in [0.4, 0.5) is 17.6 Å². The topological polar surface area (TPSA) is 106 Å². The first-order valence-electron chi connectivity index (χ1n) is 9.34. The van der Waals surface area contributed by atoms with Gasteiger partial charge in [0.1, 0.15) is 5.82 Å². The molecule has 1 heterocycles. The molecular formula is C19H26N6OS. The Bertz CT molecular complexity index is 751. The van der Waals surface area contributed by atoms with Crippen molar-refractivity contribution in [2.45, 2.75) is 56.1 Å². The normalized spacial score (nSPS) is 15.9. The second kappa shape index (κ2) is 9.55. The molecule has 7 nitrogen and oxygen atoms in total. The average molecular weight is 387 g/mol. The van der Waals surface area contributed by atoms with Gasteiger partial charge in [0.15, 0.2) is 0 Å². The van der Waals surface area contributed by atoms with Gasteiger partial charge >= 0.3 is 0 Å². The molecule has 0 saturated heterocycles. The van der Waals surface area contributed by atoms with Gasteiger partial charge < -0.3 is 16.4 Å². The number of nitrogens with zero attached hydrogens (tertiary/aromatic N) is 3. The summed E-state index contributed by atoms with van der Waals surface area (Å²) in [5.41, 5.74) is 6.69. The molecular weight excluding hydrogens is 360 g/mol. The van der Waals surface area contributed by atoms with E-state index in [1.54, 1.807) is 0 Å². The SMILES string of the molecule is CC(SCc1nc(N)nc(Nc2ccccc2)n1)C(=O)NC1CCCCC1. The minimum absolute atomic E-state index is 0.0802. The molecule has 2 aromatic rings. The number of carbonyl (C=O) groups is 1. The Balaban J connectivity index is 1.54. The Morgan fingerprint density at radius 2 is 1.93 bits per heavy atom. The molecule has 1 unspecified atom stereocenters. The van der Waals surface area contributed by atoms with Gasteiger partial charge in [0, 0.05) is 11.7 Å². The van der Waals surface area contributed by atoms with E-state index in [-0.39, 0.29) is 17.1 Å². The number of aromatic nitrogens is 3. The maximum Gasteiger partial charge on any atom is 0.233 e. The fraction of sp³-hybridized carbons (Fsp3) is 0.474. The molecule has 1 aliphatic rings. The Hall–Kier alpha value is -2.35. The zero-order valence-corrected chi connectivity index (χ0v) is 16.3. The third kappa shape index (κ3) is 6.09. The predicted octanol–water partition coefficient (Wildman–Crippen LogP) is 3.27. The number of nitrogen functional groups attached to an aromatic ring is 1. The minimum Gasteiger partial charge on any atom is -0.368 e. The molecule has 4 N–H and O–H groups in total. The monoisotopic (exact) mass is 386 g/mol. The molecule has 1 atom stereocenters. The van der Waals surface area contributed by atoms with E-state index in [2.05, 4.69) is 25.6 Å². The highest BCUT2D eigenvalue weighted by Crippen LogP contribution is 2.21. The Morgan fingerprint density at radius 1 is 1.19 bits per heavy atom. The Kier molecular flexibility index (Phi) is 6.86. The molecule has 3 rings (SSSR count). The van der Waals surface area contributed by atoms with Crippen LogP contribution in [0.25, 0.3) is 0 Å². The van der Waals surface area contributed by atoms with E-state index in [0.717, 1.165) is 18.5 Å². The molecule has 1 aliphatic carbocycles. The first-order valence-corrected chi connectivity index (χ1v) is 10.4. The van der Waals surface area contributed by atoms with Crippen molar-refractivity contribution in [3.63, 3.8) is 0 Å². The van der Waals surface area contributed by atoms with Crippen LogP contribution in [0.1, 0.15) is 44.9 Å². The number of benzene rings is 1. The lowest BCUT2D eigenvalue weighted by Gasteiger charge is -2.24. The maximum absolute atomic E-state index is 12.4. The summed E-state index contributed by atoms with van der Waals surface area (Å²) in [6.07, 6.45) is 5.85. The van der Waals surface area contributed by atoms with E-state index in [0.29, 0.717) is 23.6 Å². The number of amides is 1. The molecule has 1 aromatic carbocycles. The summed E-state index contributed by atoms with van der Waals surface area (Å²) in [4.78, 5) is 25.1. The largest absolute Gasteiger partial charge is 0.368 e. The third-order valence-corrected chi connectivity index (χ3v) is 5.65. The first kappa shape index (κ1) is 19.4. The summed E-state index contributed by atoms with van der Waals surface area (Å²) >= 11 is 1.50. The molecule has 0 bridgehead atoms. The molecule has 1 saturated carbocycles. The van der Waals surface area contributed by atoms with Crippen LogP contribution in [0.15, 0.2) is 30.3 Å². The number of anilines is 3. The van der Waals surface area contributed by atoms with Crippen molar-refractivity contribution in [1.29, 1.82) is 0 Å². The number of hydrogen-bond donors (Lipinski definition) is 3. The molecule has 8 heteroatoms. The third-order valence-electron chi connectivity index (χ3n) is 4.51. The van der Waals surface area contributed by atoms with Gasteiger partial charge in [-0.2, -0.15) is 15.0 Å². The molecule has 1 fully saturated rings. The van der Waals surface area contributed by atoms with E-state index in [4.69, 9.17) is 5.73 Å². The van der Waals surface area contributed by atoms with Crippen molar-refractivity contribution in [2.75, 3.05) is 11.1 Å². The number of carbonyl (C=O) groups excluding carboxylic acids is 1. The highest BCUT2D eigenvalue weighted by molar-refractivity contribution is 7.99. The summed E-state index contributed by atoms with van der Waals surface area (Å²) in [6, 6.07) is 9.96. The summed E-state index contributed by atoms with van der Waals surface area (Å²) in [5, 5.41) is 6.11. The molecule has 1 aromatic heterocycles. The lowest BCUT2D eigenvalue weighted by molar-refractivity contribution is -0.121. The summed E-state index contributed by atoms with van der Waals surface area (Å²) in [5.74, 6) is 1.71. The van der Waals surface area contributed by atoms with E-state index in [1.807, 2.05) is 37.3 Å². The summed E-state index contributed by atoms with van der Waals surface area (Å²) < 4.78 is 0. The first-order chi connectivity index (χ1) is 13.1. The molecule has 1 amide bonds. The maximum atomic E-state index is 12.4. The second-order valence-electron chi connectivity index (χ2n) is 6.72. The van der Waals surface area contributed by atoms with Gasteiger partial charge in [-0.05, 0) is 31.9 Å². The quantitative estimate of drug-likeness (QED) is 0.670. The van der Waals surface area contributed by atoms with Gasteiger partial charge in [-0.3, -0.25) is 4.79 Å². The minimum atomic E-state index is -0.171. The van der Waals surface area contributed by atoms with Gasteiger partial charge in [-0.1, -0.05) is 37.5 Å². The number of para-hydroxylation sites is 1. The Morgan fingerprint density at radius 3 is 2.67 bits per heavy atom. The van der Waals surface area contributed by atoms with Gasteiger partial charge in [-0.15, -0.1) is 11.8 Å². The van der Waals surface area contributed by atoms with E-state index < -0.39 is 0 Å². The second-order valence-corrected chi connectivity index (χ2v) is 8.05. The highest BCUT2D eigenvalue weighted by Gasteiger charge is 2.20. The lowest BCUT2D eigenvalue weighted by atomic mass is 9.95. The molecule has 144 valence electrons. The number of nitrogens with one attached hydrogen (secondary N) is 2. The summed E-state index contributed by atoms with van der Waals surface area (Å²) in [7, 11) is 0.